The van der Waals surface area contributed by atoms with Gasteiger partial charge in [0.1, 0.15) is 5.66 Å². The third-order valence-corrected chi connectivity index (χ3v) is 6.57. The first kappa shape index (κ1) is 19.6. The van der Waals surface area contributed by atoms with Gasteiger partial charge in [-0.05, 0) is 61.2 Å². The molecule has 2 unspecified atom stereocenters. The summed E-state index contributed by atoms with van der Waals surface area (Å²) >= 11 is 1.64. The Labute approximate surface area is 174 Å². The van der Waals surface area contributed by atoms with Crippen molar-refractivity contribution < 1.29 is 14.4 Å². The Morgan fingerprint density at radius 1 is 1.28 bits per heavy atom. The number of hydrogen-bond acceptors (Lipinski definition) is 4. The molecule has 2 atom stereocenters. The number of hydrogen-bond donors (Lipinski definition) is 1. The van der Waals surface area contributed by atoms with Gasteiger partial charge in [0.05, 0.1) is 11.3 Å². The van der Waals surface area contributed by atoms with E-state index in [0.717, 1.165) is 6.42 Å². The van der Waals surface area contributed by atoms with Crippen molar-refractivity contribution in [3.63, 3.8) is 0 Å². The number of benzene rings is 1. The standard InChI is InChI=1S/C22H25N3O3S/c1-15(13-16-9-12-29-14-16)23-19(26)8-11-24-21(28)17-5-3-4-6-18(17)25-20(27)7-10-22(24,25)2/h3-6,9,12,14-15H,7-8,10-11,13H2,1-2H3,(H,23,26). The zero-order valence-corrected chi connectivity index (χ0v) is 17.5. The van der Waals surface area contributed by atoms with Crippen molar-refractivity contribution >= 4 is 34.7 Å². The first-order valence-electron chi connectivity index (χ1n) is 9.94. The van der Waals surface area contributed by atoms with Crippen LogP contribution in [0.1, 0.15) is 49.0 Å². The third kappa shape index (κ3) is 3.55. The van der Waals surface area contributed by atoms with Crippen molar-refractivity contribution in [1.82, 2.24) is 10.2 Å². The second kappa shape index (κ2) is 7.63. The minimum Gasteiger partial charge on any atom is -0.353 e. The van der Waals surface area contributed by atoms with Crippen molar-refractivity contribution in [3.05, 3.63) is 52.2 Å². The number of nitrogens with one attached hydrogen (secondary N) is 1. The number of fused-ring (bicyclic) bond motifs is 3. The van der Waals surface area contributed by atoms with Gasteiger partial charge in [0.25, 0.3) is 5.91 Å². The Morgan fingerprint density at radius 2 is 2.07 bits per heavy atom. The summed E-state index contributed by atoms with van der Waals surface area (Å²) in [7, 11) is 0. The van der Waals surface area contributed by atoms with Gasteiger partial charge in [-0.3, -0.25) is 19.3 Å². The molecule has 1 saturated heterocycles. The van der Waals surface area contributed by atoms with Crippen LogP contribution in [0, 0.1) is 0 Å². The van der Waals surface area contributed by atoms with Crippen LogP contribution in [-0.2, 0) is 16.0 Å². The van der Waals surface area contributed by atoms with Crippen molar-refractivity contribution in [2.45, 2.75) is 51.2 Å². The first-order valence-corrected chi connectivity index (χ1v) is 10.9. The molecule has 0 radical (unpaired) electrons. The molecule has 152 valence electrons. The lowest BCUT2D eigenvalue weighted by molar-refractivity contribution is -0.122. The molecule has 1 aromatic carbocycles. The van der Waals surface area contributed by atoms with Crippen molar-refractivity contribution in [3.8, 4) is 0 Å². The SMILES string of the molecule is CC(Cc1ccsc1)NC(=O)CCN1C(=O)c2ccccc2N2C(=O)CCC12C. The lowest BCUT2D eigenvalue weighted by Gasteiger charge is -2.48. The fourth-order valence-corrected chi connectivity index (χ4v) is 5.10. The highest BCUT2D eigenvalue weighted by molar-refractivity contribution is 7.07. The van der Waals surface area contributed by atoms with Crippen LogP contribution in [0.15, 0.2) is 41.1 Å². The lowest BCUT2D eigenvalue weighted by Crippen LogP contribution is -2.62. The third-order valence-electron chi connectivity index (χ3n) is 5.84. The van der Waals surface area contributed by atoms with E-state index in [1.807, 2.05) is 31.4 Å². The molecule has 1 N–H and O–H groups in total. The quantitative estimate of drug-likeness (QED) is 0.794. The van der Waals surface area contributed by atoms with Crippen molar-refractivity contribution in [2.24, 2.45) is 0 Å². The monoisotopic (exact) mass is 411 g/mol. The molecule has 0 aliphatic carbocycles. The fourth-order valence-electron chi connectivity index (χ4n) is 4.42. The van der Waals surface area contributed by atoms with E-state index in [2.05, 4.69) is 16.8 Å². The Kier molecular flexibility index (Phi) is 5.17. The summed E-state index contributed by atoms with van der Waals surface area (Å²) in [5.74, 6) is -0.182. The minimum atomic E-state index is -0.717. The van der Waals surface area contributed by atoms with E-state index in [-0.39, 0.29) is 36.7 Å². The van der Waals surface area contributed by atoms with E-state index >= 15 is 0 Å². The molecule has 4 rings (SSSR count). The second-order valence-corrected chi connectivity index (χ2v) is 8.75. The van der Waals surface area contributed by atoms with Crippen LogP contribution in [0.2, 0.25) is 0 Å². The van der Waals surface area contributed by atoms with E-state index in [9.17, 15) is 14.4 Å². The zero-order valence-electron chi connectivity index (χ0n) is 16.7. The molecule has 29 heavy (non-hydrogen) atoms. The van der Waals surface area contributed by atoms with Crippen LogP contribution in [0.4, 0.5) is 5.69 Å². The van der Waals surface area contributed by atoms with Crippen LogP contribution in [0.3, 0.4) is 0 Å². The molecule has 1 fully saturated rings. The van der Waals surface area contributed by atoms with Crippen molar-refractivity contribution in [2.75, 3.05) is 11.4 Å². The first-order chi connectivity index (χ1) is 13.9. The highest BCUT2D eigenvalue weighted by atomic mass is 32.1. The van der Waals surface area contributed by atoms with Gasteiger partial charge < -0.3 is 10.2 Å². The summed E-state index contributed by atoms with van der Waals surface area (Å²) in [5, 5.41) is 7.13. The fraction of sp³-hybridized carbons (Fsp3) is 0.409. The summed E-state index contributed by atoms with van der Waals surface area (Å²) in [4.78, 5) is 41.7. The molecule has 3 heterocycles. The van der Waals surface area contributed by atoms with Gasteiger partial charge in [-0.25, -0.2) is 0 Å². The predicted molar refractivity (Wildman–Crippen MR) is 113 cm³/mol. The molecule has 2 aliphatic heterocycles. The van der Waals surface area contributed by atoms with Gasteiger partial charge in [-0.2, -0.15) is 11.3 Å². The highest BCUT2D eigenvalue weighted by Gasteiger charge is 2.52. The van der Waals surface area contributed by atoms with E-state index < -0.39 is 5.66 Å². The number of nitrogens with zero attached hydrogens (tertiary/aromatic N) is 2. The van der Waals surface area contributed by atoms with Crippen molar-refractivity contribution in [1.29, 1.82) is 0 Å². The topological polar surface area (TPSA) is 69.7 Å². The van der Waals surface area contributed by atoms with Crippen LogP contribution < -0.4 is 10.2 Å². The highest BCUT2D eigenvalue weighted by Crippen LogP contribution is 2.43. The van der Waals surface area contributed by atoms with Gasteiger partial charge in [-0.15, -0.1) is 0 Å². The normalized spacial score (nSPS) is 21.7. The Hall–Kier alpha value is -2.67. The summed E-state index contributed by atoms with van der Waals surface area (Å²) in [6, 6.07) is 9.30. The van der Waals surface area contributed by atoms with E-state index in [1.54, 1.807) is 33.3 Å². The molecule has 0 bridgehead atoms. The second-order valence-electron chi connectivity index (χ2n) is 7.97. The van der Waals surface area contributed by atoms with Crippen LogP contribution in [0.25, 0.3) is 0 Å². The molecule has 6 nitrogen and oxygen atoms in total. The smallest absolute Gasteiger partial charge is 0.257 e. The zero-order chi connectivity index (χ0) is 20.6. The molecular formula is C22H25N3O3S. The summed E-state index contributed by atoms with van der Waals surface area (Å²) < 4.78 is 0. The molecule has 7 heteroatoms. The molecule has 3 amide bonds. The number of para-hydroxylation sites is 1. The predicted octanol–water partition coefficient (Wildman–Crippen LogP) is 3.18. The number of anilines is 1. The van der Waals surface area contributed by atoms with Gasteiger partial charge in [0, 0.05) is 25.4 Å². The number of carbonyl (C=O) groups excluding carboxylic acids is 3. The number of carbonyl (C=O) groups is 3. The van der Waals surface area contributed by atoms with Gasteiger partial charge in [0.2, 0.25) is 11.8 Å². The molecule has 2 aliphatic rings. The molecule has 1 aromatic heterocycles. The lowest BCUT2D eigenvalue weighted by atomic mass is 9.98. The average molecular weight is 412 g/mol. The van der Waals surface area contributed by atoms with E-state index in [1.165, 1.54) is 5.56 Å². The minimum absolute atomic E-state index is 0.0197. The van der Waals surface area contributed by atoms with E-state index in [4.69, 9.17) is 0 Å². The van der Waals surface area contributed by atoms with Crippen LogP contribution in [-0.4, -0.2) is 40.9 Å². The maximum atomic E-state index is 13.2. The van der Waals surface area contributed by atoms with Gasteiger partial charge >= 0.3 is 0 Å². The molecular weight excluding hydrogens is 386 g/mol. The van der Waals surface area contributed by atoms with Gasteiger partial charge in [-0.1, -0.05) is 12.1 Å². The van der Waals surface area contributed by atoms with E-state index in [0.29, 0.717) is 24.1 Å². The summed E-state index contributed by atoms with van der Waals surface area (Å²) in [6.07, 6.45) is 1.96. The van der Waals surface area contributed by atoms with Crippen LogP contribution in [0.5, 0.6) is 0 Å². The average Bonchev–Trinajstić information content (AvgIpc) is 3.29. The summed E-state index contributed by atoms with van der Waals surface area (Å²) in [5.41, 5.74) is 1.68. The maximum absolute atomic E-state index is 13.2. The maximum Gasteiger partial charge on any atom is 0.257 e. The van der Waals surface area contributed by atoms with Crippen LogP contribution >= 0.6 is 11.3 Å². The molecule has 0 spiro atoms. The summed E-state index contributed by atoms with van der Waals surface area (Å²) in [6.45, 7) is 4.18. The Morgan fingerprint density at radius 3 is 2.83 bits per heavy atom. The largest absolute Gasteiger partial charge is 0.353 e. The Bertz CT molecular complexity index is 943. The molecule has 0 saturated carbocycles. The van der Waals surface area contributed by atoms with Gasteiger partial charge in [0.15, 0.2) is 0 Å². The number of amides is 3. The number of thiophene rings is 1. The Balaban J connectivity index is 1.46. The molecule has 2 aromatic rings. The number of rotatable bonds is 6.